The number of aldehydes is 1. The molecule has 0 aliphatic rings. The van der Waals surface area contributed by atoms with E-state index in [-0.39, 0.29) is 6.04 Å². The van der Waals surface area contributed by atoms with Crippen molar-refractivity contribution >= 4 is 17.6 Å². The molecule has 0 spiro atoms. The second-order valence-electron chi connectivity index (χ2n) is 2.61. The fourth-order valence-corrected chi connectivity index (χ4v) is 1.97. The van der Waals surface area contributed by atoms with Crippen molar-refractivity contribution in [2.24, 2.45) is 0 Å². The van der Waals surface area contributed by atoms with Gasteiger partial charge in [-0.3, -0.25) is 0 Å². The zero-order valence-corrected chi connectivity index (χ0v) is 7.65. The molecule has 0 aliphatic carbocycles. The number of thiophene rings is 1. The number of rotatable bonds is 3. The molecule has 2 aromatic rings. The summed E-state index contributed by atoms with van der Waals surface area (Å²) >= 11 is 1.57. The number of carbonyl (C=O) groups excluding carboxylic acids is 1. The Balaban J connectivity index is 2.35. The van der Waals surface area contributed by atoms with Gasteiger partial charge in [0.1, 0.15) is 12.3 Å². The van der Waals surface area contributed by atoms with Crippen LogP contribution in [-0.4, -0.2) is 15.8 Å². The highest BCUT2D eigenvalue weighted by Crippen LogP contribution is 2.20. The van der Waals surface area contributed by atoms with Crippen molar-refractivity contribution < 1.29 is 4.79 Å². The van der Waals surface area contributed by atoms with E-state index < -0.39 is 0 Å². The van der Waals surface area contributed by atoms with Gasteiger partial charge in [0.15, 0.2) is 0 Å². The largest absolute Gasteiger partial charge is 0.322 e. The lowest BCUT2D eigenvalue weighted by Gasteiger charge is -2.08. The van der Waals surface area contributed by atoms with Gasteiger partial charge in [0, 0.05) is 17.3 Å². The van der Waals surface area contributed by atoms with Crippen LogP contribution in [0.4, 0.5) is 0 Å². The third-order valence-corrected chi connectivity index (χ3v) is 2.75. The summed E-state index contributed by atoms with van der Waals surface area (Å²) in [6, 6.07) is 3.67. The minimum absolute atomic E-state index is 0.220. The first-order valence-electron chi connectivity index (χ1n) is 3.88. The van der Waals surface area contributed by atoms with Crippen LogP contribution in [-0.2, 0) is 4.79 Å². The maximum atomic E-state index is 10.9. The van der Waals surface area contributed by atoms with E-state index in [2.05, 4.69) is 4.98 Å². The summed E-state index contributed by atoms with van der Waals surface area (Å²) in [5.41, 5.74) is 0. The Morgan fingerprint density at radius 1 is 1.62 bits per heavy atom. The maximum Gasteiger partial charge on any atom is 0.148 e. The molecule has 1 unspecified atom stereocenters. The molecule has 0 aromatic carbocycles. The molecule has 0 saturated carbocycles. The molecule has 2 aromatic heterocycles. The molecule has 2 rings (SSSR count). The number of nitrogens with zero attached hydrogens (tertiary/aromatic N) is 2. The third-order valence-electron chi connectivity index (χ3n) is 1.81. The second-order valence-corrected chi connectivity index (χ2v) is 3.59. The zero-order valence-electron chi connectivity index (χ0n) is 6.83. The molecule has 0 aliphatic heterocycles. The minimum atomic E-state index is -0.220. The van der Waals surface area contributed by atoms with Gasteiger partial charge in [-0.25, -0.2) is 4.98 Å². The van der Waals surface area contributed by atoms with E-state index in [4.69, 9.17) is 0 Å². The quantitative estimate of drug-likeness (QED) is 0.694. The second kappa shape index (κ2) is 3.53. The lowest BCUT2D eigenvalue weighted by atomic mass is 10.2. The van der Waals surface area contributed by atoms with Crippen LogP contribution < -0.4 is 0 Å². The van der Waals surface area contributed by atoms with Crippen LogP contribution in [0.1, 0.15) is 10.9 Å². The third kappa shape index (κ3) is 1.53. The average molecular weight is 192 g/mol. The average Bonchev–Trinajstić information content (AvgIpc) is 2.76. The van der Waals surface area contributed by atoms with E-state index in [1.54, 1.807) is 34.6 Å². The van der Waals surface area contributed by atoms with Crippen LogP contribution in [0.25, 0.3) is 0 Å². The van der Waals surface area contributed by atoms with Crippen molar-refractivity contribution in [3.8, 4) is 0 Å². The number of imidazole rings is 1. The Morgan fingerprint density at radius 3 is 3.08 bits per heavy atom. The molecule has 13 heavy (non-hydrogen) atoms. The summed E-state index contributed by atoms with van der Waals surface area (Å²) in [5, 5.41) is 1.96. The Hall–Kier alpha value is -1.42. The molecule has 0 N–H and O–H groups in total. The first kappa shape index (κ1) is 8.19. The molecular weight excluding hydrogens is 184 g/mol. The van der Waals surface area contributed by atoms with Gasteiger partial charge < -0.3 is 9.36 Å². The van der Waals surface area contributed by atoms with Crippen molar-refractivity contribution in [2.75, 3.05) is 0 Å². The fraction of sp³-hybridized carbons (Fsp3) is 0.111. The van der Waals surface area contributed by atoms with Gasteiger partial charge in [-0.1, -0.05) is 6.07 Å². The summed E-state index contributed by atoms with van der Waals surface area (Å²) in [4.78, 5) is 15.8. The first-order chi connectivity index (χ1) is 6.42. The van der Waals surface area contributed by atoms with Crippen molar-refractivity contribution in [2.45, 2.75) is 6.04 Å². The molecule has 1 atom stereocenters. The summed E-state index contributed by atoms with van der Waals surface area (Å²) in [6.45, 7) is 0. The van der Waals surface area contributed by atoms with E-state index in [0.717, 1.165) is 11.2 Å². The van der Waals surface area contributed by atoms with Gasteiger partial charge >= 0.3 is 0 Å². The smallest absolute Gasteiger partial charge is 0.148 e. The van der Waals surface area contributed by atoms with Gasteiger partial charge in [0.05, 0.1) is 6.33 Å². The monoisotopic (exact) mass is 192 g/mol. The molecule has 4 heteroatoms. The Kier molecular flexibility index (Phi) is 2.23. The SMILES string of the molecule is O=CC(c1cccs1)n1ccnc1. The Morgan fingerprint density at radius 2 is 2.54 bits per heavy atom. The van der Waals surface area contributed by atoms with E-state index in [0.29, 0.717) is 0 Å². The molecule has 0 fully saturated rings. The summed E-state index contributed by atoms with van der Waals surface area (Å²) in [6.07, 6.45) is 6.04. The zero-order chi connectivity index (χ0) is 9.10. The first-order valence-corrected chi connectivity index (χ1v) is 4.76. The number of hydrogen-bond acceptors (Lipinski definition) is 3. The number of aromatic nitrogens is 2. The standard InChI is InChI=1S/C9H8N2OS/c12-6-8(9-2-1-5-13-9)11-4-3-10-7-11/h1-8H. The van der Waals surface area contributed by atoms with Crippen LogP contribution in [0.5, 0.6) is 0 Å². The lowest BCUT2D eigenvalue weighted by molar-refractivity contribution is -0.109. The predicted octanol–water partition coefficient (Wildman–Crippen LogP) is 1.73. The van der Waals surface area contributed by atoms with Gasteiger partial charge in [0.25, 0.3) is 0 Å². The summed E-state index contributed by atoms with van der Waals surface area (Å²) in [7, 11) is 0. The van der Waals surface area contributed by atoms with Crippen molar-refractivity contribution in [1.29, 1.82) is 0 Å². The molecule has 3 nitrogen and oxygen atoms in total. The van der Waals surface area contributed by atoms with Crippen LogP contribution in [0, 0.1) is 0 Å². The molecule has 2 heterocycles. The number of hydrogen-bond donors (Lipinski definition) is 0. The highest BCUT2D eigenvalue weighted by molar-refractivity contribution is 7.10. The lowest BCUT2D eigenvalue weighted by Crippen LogP contribution is -2.07. The normalized spacial score (nSPS) is 12.6. The highest BCUT2D eigenvalue weighted by atomic mass is 32.1. The molecule has 0 bridgehead atoms. The van der Waals surface area contributed by atoms with Gasteiger partial charge in [-0.05, 0) is 11.4 Å². The summed E-state index contributed by atoms with van der Waals surface area (Å²) in [5.74, 6) is 0. The van der Waals surface area contributed by atoms with Gasteiger partial charge in [0.2, 0.25) is 0 Å². The molecule has 0 saturated heterocycles. The van der Waals surface area contributed by atoms with Crippen LogP contribution >= 0.6 is 11.3 Å². The topological polar surface area (TPSA) is 34.9 Å². The predicted molar refractivity (Wildman–Crippen MR) is 50.7 cm³/mol. The molecule has 66 valence electrons. The van der Waals surface area contributed by atoms with Crippen LogP contribution in [0.15, 0.2) is 36.2 Å². The van der Waals surface area contributed by atoms with Crippen molar-refractivity contribution in [3.05, 3.63) is 41.1 Å². The van der Waals surface area contributed by atoms with Gasteiger partial charge in [-0.15, -0.1) is 11.3 Å². The van der Waals surface area contributed by atoms with Crippen molar-refractivity contribution in [3.63, 3.8) is 0 Å². The molecular formula is C9H8N2OS. The summed E-state index contributed by atoms with van der Waals surface area (Å²) < 4.78 is 1.79. The maximum absolute atomic E-state index is 10.9. The van der Waals surface area contributed by atoms with E-state index >= 15 is 0 Å². The molecule has 0 amide bonds. The highest BCUT2D eigenvalue weighted by Gasteiger charge is 2.11. The minimum Gasteiger partial charge on any atom is -0.322 e. The van der Waals surface area contributed by atoms with E-state index in [9.17, 15) is 4.79 Å². The van der Waals surface area contributed by atoms with Gasteiger partial charge in [-0.2, -0.15) is 0 Å². The van der Waals surface area contributed by atoms with Crippen LogP contribution in [0.2, 0.25) is 0 Å². The van der Waals surface area contributed by atoms with Crippen LogP contribution in [0.3, 0.4) is 0 Å². The van der Waals surface area contributed by atoms with E-state index in [1.807, 2.05) is 17.5 Å². The Bertz CT molecular complexity index is 332. The molecule has 0 radical (unpaired) electrons. The van der Waals surface area contributed by atoms with Crippen molar-refractivity contribution in [1.82, 2.24) is 9.55 Å². The number of carbonyl (C=O) groups is 1. The fourth-order valence-electron chi connectivity index (χ4n) is 1.18. The van der Waals surface area contributed by atoms with E-state index in [1.165, 1.54) is 0 Å². The Labute approximate surface area is 79.7 Å².